The number of carbonyl (C=O) groups excluding carboxylic acids is 1. The molecule has 1 fully saturated rings. The lowest BCUT2D eigenvalue weighted by Gasteiger charge is -2.33. The number of hydrogen-bond acceptors (Lipinski definition) is 5. The quantitative estimate of drug-likeness (QED) is 0.844. The van der Waals surface area contributed by atoms with Crippen molar-refractivity contribution < 1.29 is 9.53 Å². The van der Waals surface area contributed by atoms with Gasteiger partial charge in [-0.15, -0.1) is 0 Å². The molecule has 2 aromatic rings. The molecule has 1 aliphatic rings. The Morgan fingerprint density at radius 3 is 2.83 bits per heavy atom. The molecular formula is C17H23N5O2. The van der Waals surface area contributed by atoms with Gasteiger partial charge < -0.3 is 10.1 Å². The number of nitrogens with zero attached hydrogens (tertiary/aromatic N) is 4. The molecule has 1 aromatic heterocycles. The van der Waals surface area contributed by atoms with Crippen molar-refractivity contribution in [3.05, 3.63) is 42.0 Å². The summed E-state index contributed by atoms with van der Waals surface area (Å²) in [6.45, 7) is 5.14. The number of rotatable bonds is 6. The van der Waals surface area contributed by atoms with Gasteiger partial charge in [0.2, 0.25) is 5.91 Å². The molecule has 128 valence electrons. The molecule has 0 unspecified atom stereocenters. The molecule has 3 rings (SSSR count). The lowest BCUT2D eigenvalue weighted by Crippen LogP contribution is -2.56. The van der Waals surface area contributed by atoms with Gasteiger partial charge in [0.25, 0.3) is 0 Å². The molecule has 1 aliphatic heterocycles. The highest BCUT2D eigenvalue weighted by molar-refractivity contribution is 5.82. The molecule has 7 heteroatoms. The molecular weight excluding hydrogens is 306 g/mol. The minimum absolute atomic E-state index is 0.0714. The highest BCUT2D eigenvalue weighted by Gasteiger charge is 2.30. The van der Waals surface area contributed by atoms with Crippen LogP contribution in [0.5, 0.6) is 5.75 Å². The summed E-state index contributed by atoms with van der Waals surface area (Å²) in [7, 11) is 1.65. The Bertz CT molecular complexity index is 683. The molecule has 1 atom stereocenters. The van der Waals surface area contributed by atoms with E-state index in [4.69, 9.17) is 4.74 Å². The molecule has 2 heterocycles. The number of ether oxygens (including phenoxy) is 1. The van der Waals surface area contributed by atoms with Crippen LogP contribution in [-0.4, -0.2) is 58.4 Å². The van der Waals surface area contributed by atoms with Crippen molar-refractivity contribution in [3.63, 3.8) is 0 Å². The molecule has 1 aromatic carbocycles. The van der Waals surface area contributed by atoms with Crippen LogP contribution in [-0.2, 0) is 17.8 Å². The predicted octanol–water partition coefficient (Wildman–Crippen LogP) is 0.698. The first-order valence-electron chi connectivity index (χ1n) is 8.22. The van der Waals surface area contributed by atoms with Crippen LogP contribution in [0.1, 0.15) is 18.3 Å². The van der Waals surface area contributed by atoms with Crippen molar-refractivity contribution in [1.82, 2.24) is 25.0 Å². The van der Waals surface area contributed by atoms with Gasteiger partial charge in [-0.2, -0.15) is 5.10 Å². The van der Waals surface area contributed by atoms with Crippen LogP contribution in [0, 0.1) is 0 Å². The van der Waals surface area contributed by atoms with Crippen molar-refractivity contribution in [2.24, 2.45) is 0 Å². The van der Waals surface area contributed by atoms with E-state index in [0.717, 1.165) is 30.2 Å². The van der Waals surface area contributed by atoms with Gasteiger partial charge in [0.15, 0.2) is 0 Å². The molecule has 1 saturated heterocycles. The van der Waals surface area contributed by atoms with E-state index >= 15 is 0 Å². The average Bonchev–Trinajstić information content (AvgIpc) is 3.04. The van der Waals surface area contributed by atoms with Gasteiger partial charge >= 0.3 is 0 Å². The summed E-state index contributed by atoms with van der Waals surface area (Å²) < 4.78 is 7.04. The second-order valence-corrected chi connectivity index (χ2v) is 5.82. The maximum atomic E-state index is 12.2. The summed E-state index contributed by atoms with van der Waals surface area (Å²) in [5.74, 6) is 1.73. The second kappa shape index (κ2) is 7.44. The number of methoxy groups -OCH3 is 1. The first-order valence-corrected chi connectivity index (χ1v) is 8.22. The smallest absolute Gasteiger partial charge is 0.237 e. The number of piperazine rings is 1. The van der Waals surface area contributed by atoms with Gasteiger partial charge in [-0.3, -0.25) is 9.69 Å². The maximum Gasteiger partial charge on any atom is 0.237 e. The zero-order valence-corrected chi connectivity index (χ0v) is 14.1. The van der Waals surface area contributed by atoms with Crippen molar-refractivity contribution in [3.8, 4) is 5.75 Å². The molecule has 0 saturated carbocycles. The number of aromatic nitrogens is 3. The van der Waals surface area contributed by atoms with Crippen LogP contribution in [0.15, 0.2) is 30.6 Å². The van der Waals surface area contributed by atoms with Crippen LogP contribution < -0.4 is 10.1 Å². The molecule has 1 N–H and O–H groups in total. The third-order valence-electron chi connectivity index (χ3n) is 4.41. The zero-order valence-electron chi connectivity index (χ0n) is 14.1. The Balaban J connectivity index is 1.73. The van der Waals surface area contributed by atoms with Crippen LogP contribution in [0.4, 0.5) is 0 Å². The number of likely N-dealkylation sites (N-methyl/N-ethyl adjacent to an activating group) is 1. The molecule has 1 amide bonds. The van der Waals surface area contributed by atoms with Crippen molar-refractivity contribution in [1.29, 1.82) is 0 Å². The van der Waals surface area contributed by atoms with Crippen LogP contribution >= 0.6 is 0 Å². The lowest BCUT2D eigenvalue weighted by molar-refractivity contribution is -0.128. The van der Waals surface area contributed by atoms with Gasteiger partial charge in [0.1, 0.15) is 17.9 Å². The van der Waals surface area contributed by atoms with Gasteiger partial charge in [-0.25, -0.2) is 9.67 Å². The highest BCUT2D eigenvalue weighted by atomic mass is 16.5. The SMILES string of the molecule is CCN1CCNC(=O)[C@H]1Cc1ncnn1Cc1ccc(OC)cc1. The van der Waals surface area contributed by atoms with Gasteiger partial charge in [0, 0.05) is 19.5 Å². The third kappa shape index (κ3) is 3.56. The van der Waals surface area contributed by atoms with E-state index in [1.165, 1.54) is 0 Å². The van der Waals surface area contributed by atoms with E-state index in [9.17, 15) is 4.79 Å². The molecule has 0 bridgehead atoms. The molecule has 24 heavy (non-hydrogen) atoms. The van der Waals surface area contributed by atoms with E-state index in [2.05, 4.69) is 27.2 Å². The number of benzene rings is 1. The van der Waals surface area contributed by atoms with Gasteiger partial charge in [-0.1, -0.05) is 19.1 Å². The molecule has 0 spiro atoms. The Kier molecular flexibility index (Phi) is 5.10. The highest BCUT2D eigenvalue weighted by Crippen LogP contribution is 2.14. The zero-order chi connectivity index (χ0) is 16.9. The molecule has 0 aliphatic carbocycles. The van der Waals surface area contributed by atoms with Crippen molar-refractivity contribution in [2.75, 3.05) is 26.7 Å². The predicted molar refractivity (Wildman–Crippen MR) is 89.9 cm³/mol. The largest absolute Gasteiger partial charge is 0.497 e. The normalized spacial score (nSPS) is 18.4. The van der Waals surface area contributed by atoms with Crippen molar-refractivity contribution in [2.45, 2.75) is 25.9 Å². The van der Waals surface area contributed by atoms with Crippen LogP contribution in [0.3, 0.4) is 0 Å². The summed E-state index contributed by atoms with van der Waals surface area (Å²) in [6, 6.07) is 7.70. The number of nitrogens with one attached hydrogen (secondary N) is 1. The summed E-state index contributed by atoms with van der Waals surface area (Å²) in [4.78, 5) is 18.8. The Hall–Kier alpha value is -2.41. The fourth-order valence-corrected chi connectivity index (χ4v) is 3.02. The number of carbonyl (C=O) groups is 1. The Labute approximate surface area is 141 Å². The van der Waals surface area contributed by atoms with E-state index in [1.54, 1.807) is 13.4 Å². The van der Waals surface area contributed by atoms with E-state index in [0.29, 0.717) is 19.5 Å². The first-order chi connectivity index (χ1) is 11.7. The van der Waals surface area contributed by atoms with E-state index in [1.807, 2.05) is 28.9 Å². The van der Waals surface area contributed by atoms with Gasteiger partial charge in [0.05, 0.1) is 19.7 Å². The van der Waals surface area contributed by atoms with Crippen molar-refractivity contribution >= 4 is 5.91 Å². The first kappa shape index (κ1) is 16.4. The maximum absolute atomic E-state index is 12.2. The Morgan fingerprint density at radius 1 is 1.33 bits per heavy atom. The fourth-order valence-electron chi connectivity index (χ4n) is 3.02. The minimum Gasteiger partial charge on any atom is -0.497 e. The average molecular weight is 329 g/mol. The minimum atomic E-state index is -0.178. The van der Waals surface area contributed by atoms with E-state index in [-0.39, 0.29) is 11.9 Å². The lowest BCUT2D eigenvalue weighted by atomic mass is 10.1. The topological polar surface area (TPSA) is 72.3 Å². The monoisotopic (exact) mass is 329 g/mol. The Morgan fingerprint density at radius 2 is 2.12 bits per heavy atom. The fraction of sp³-hybridized carbons (Fsp3) is 0.471. The summed E-state index contributed by atoms with van der Waals surface area (Å²) in [5, 5.41) is 7.26. The number of amides is 1. The third-order valence-corrected chi connectivity index (χ3v) is 4.41. The van der Waals surface area contributed by atoms with Crippen LogP contribution in [0.25, 0.3) is 0 Å². The standard InChI is InChI=1S/C17H23N5O2/c1-3-21-9-8-18-17(23)15(21)10-16-19-12-20-22(16)11-13-4-6-14(24-2)7-5-13/h4-7,12,15H,3,8-11H2,1-2H3,(H,18,23)/t15-/m1/s1. The summed E-state index contributed by atoms with van der Waals surface area (Å²) in [5.41, 5.74) is 1.11. The van der Waals surface area contributed by atoms with E-state index < -0.39 is 0 Å². The summed E-state index contributed by atoms with van der Waals surface area (Å²) in [6.07, 6.45) is 2.12. The molecule has 0 radical (unpaired) electrons. The van der Waals surface area contributed by atoms with Gasteiger partial charge in [-0.05, 0) is 24.2 Å². The second-order valence-electron chi connectivity index (χ2n) is 5.82. The molecule has 7 nitrogen and oxygen atoms in total. The summed E-state index contributed by atoms with van der Waals surface area (Å²) >= 11 is 0. The van der Waals surface area contributed by atoms with Crippen LogP contribution in [0.2, 0.25) is 0 Å². The number of hydrogen-bond donors (Lipinski definition) is 1.